The Labute approximate surface area is 141 Å². The monoisotopic (exact) mass is 381 g/mol. The van der Waals surface area contributed by atoms with E-state index in [1.807, 2.05) is 42.5 Å². The maximum atomic E-state index is 6.00. The summed E-state index contributed by atoms with van der Waals surface area (Å²) < 4.78 is 0.850. The summed E-state index contributed by atoms with van der Waals surface area (Å²) in [5.41, 5.74) is 7.87. The second-order valence-electron chi connectivity index (χ2n) is 4.13. The fourth-order valence-electron chi connectivity index (χ4n) is 1.51. The van der Waals surface area contributed by atoms with Crippen molar-refractivity contribution in [1.29, 1.82) is 0 Å². The van der Waals surface area contributed by atoms with Crippen LogP contribution in [0.3, 0.4) is 0 Å². The van der Waals surface area contributed by atoms with Gasteiger partial charge in [0, 0.05) is 10.2 Å². The Morgan fingerprint density at radius 2 is 2.00 bits per heavy atom. The molecule has 0 saturated heterocycles. The number of nitrogens with zero attached hydrogens (tertiary/aromatic N) is 2. The predicted octanol–water partition coefficient (Wildman–Crippen LogP) is 4.68. The van der Waals surface area contributed by atoms with E-state index in [0.29, 0.717) is 10.2 Å². The SMILES string of the molecule is NC(=NN=Cc1ccc(Br)c(Cl)c1)SCc1ccccc1. The molecule has 3 nitrogen and oxygen atoms in total. The van der Waals surface area contributed by atoms with Gasteiger partial charge in [-0.2, -0.15) is 5.10 Å². The number of hydrogen-bond acceptors (Lipinski definition) is 3. The zero-order chi connectivity index (χ0) is 15.1. The fourth-order valence-corrected chi connectivity index (χ4v) is 2.55. The van der Waals surface area contributed by atoms with Gasteiger partial charge < -0.3 is 5.73 Å². The van der Waals surface area contributed by atoms with E-state index in [0.717, 1.165) is 15.8 Å². The largest absolute Gasteiger partial charge is 0.377 e. The average molecular weight is 383 g/mol. The third-order valence-corrected chi connectivity index (χ3v) is 4.62. The van der Waals surface area contributed by atoms with Gasteiger partial charge in [-0.1, -0.05) is 59.8 Å². The molecule has 0 aliphatic carbocycles. The Bertz CT molecular complexity index is 659. The fraction of sp³-hybridized carbons (Fsp3) is 0.0667. The molecule has 0 amide bonds. The molecule has 2 N–H and O–H groups in total. The van der Waals surface area contributed by atoms with E-state index in [1.54, 1.807) is 12.3 Å². The molecule has 0 fully saturated rings. The standard InChI is InChI=1S/C15H13BrClN3S/c16-13-7-6-12(8-14(13)17)9-19-20-15(18)21-10-11-4-2-1-3-5-11/h1-9H,10H2,(H2,18,20). The third-order valence-electron chi connectivity index (χ3n) is 2.54. The summed E-state index contributed by atoms with van der Waals surface area (Å²) >= 11 is 10.8. The van der Waals surface area contributed by atoms with Crippen molar-refractivity contribution in [1.82, 2.24) is 0 Å². The molecule has 0 aliphatic rings. The Kier molecular flexibility index (Phi) is 6.29. The van der Waals surface area contributed by atoms with Crippen LogP contribution in [0.4, 0.5) is 0 Å². The van der Waals surface area contributed by atoms with Crippen LogP contribution in [0.5, 0.6) is 0 Å². The molecule has 2 aromatic rings. The molecule has 0 spiro atoms. The van der Waals surface area contributed by atoms with Gasteiger partial charge in [-0.15, -0.1) is 5.10 Å². The van der Waals surface area contributed by atoms with Gasteiger partial charge in [0.25, 0.3) is 0 Å². The maximum Gasteiger partial charge on any atom is 0.180 e. The van der Waals surface area contributed by atoms with Gasteiger partial charge in [-0.25, -0.2) is 0 Å². The van der Waals surface area contributed by atoms with Crippen LogP contribution in [0.1, 0.15) is 11.1 Å². The molecule has 0 aliphatic heterocycles. The van der Waals surface area contributed by atoms with Crippen LogP contribution in [0.25, 0.3) is 0 Å². The molecule has 0 bridgehead atoms. The van der Waals surface area contributed by atoms with E-state index < -0.39 is 0 Å². The second-order valence-corrected chi connectivity index (χ2v) is 6.39. The van der Waals surface area contributed by atoms with Crippen molar-refractivity contribution in [2.75, 3.05) is 0 Å². The maximum absolute atomic E-state index is 6.00. The van der Waals surface area contributed by atoms with Crippen molar-refractivity contribution in [2.45, 2.75) is 5.75 Å². The number of halogens is 2. The van der Waals surface area contributed by atoms with Crippen LogP contribution < -0.4 is 5.73 Å². The molecule has 108 valence electrons. The predicted molar refractivity (Wildman–Crippen MR) is 96.1 cm³/mol. The smallest absolute Gasteiger partial charge is 0.180 e. The summed E-state index contributed by atoms with van der Waals surface area (Å²) in [6, 6.07) is 15.6. The van der Waals surface area contributed by atoms with E-state index >= 15 is 0 Å². The number of nitrogens with two attached hydrogens (primary N) is 1. The Hall–Kier alpha value is -1.30. The van der Waals surface area contributed by atoms with Crippen molar-refractivity contribution < 1.29 is 0 Å². The van der Waals surface area contributed by atoms with Crippen molar-refractivity contribution in [3.8, 4) is 0 Å². The van der Waals surface area contributed by atoms with Crippen LogP contribution in [0, 0.1) is 0 Å². The molecule has 6 heteroatoms. The average Bonchev–Trinajstić information content (AvgIpc) is 2.50. The molecule has 2 rings (SSSR count). The topological polar surface area (TPSA) is 50.7 Å². The van der Waals surface area contributed by atoms with E-state index in [-0.39, 0.29) is 0 Å². The summed E-state index contributed by atoms with van der Waals surface area (Å²) in [5, 5.41) is 8.99. The summed E-state index contributed by atoms with van der Waals surface area (Å²) in [5.74, 6) is 0.774. The van der Waals surface area contributed by atoms with E-state index in [2.05, 4.69) is 26.1 Å². The highest BCUT2D eigenvalue weighted by molar-refractivity contribution is 9.10. The lowest BCUT2D eigenvalue weighted by Crippen LogP contribution is -2.05. The molecule has 0 unspecified atom stereocenters. The number of thioether (sulfide) groups is 1. The van der Waals surface area contributed by atoms with Gasteiger partial charge in [0.2, 0.25) is 0 Å². The van der Waals surface area contributed by atoms with Crippen molar-refractivity contribution in [2.24, 2.45) is 15.9 Å². The molecular formula is C15H13BrClN3S. The van der Waals surface area contributed by atoms with E-state index in [9.17, 15) is 0 Å². The quantitative estimate of drug-likeness (QED) is 0.474. The molecule has 0 radical (unpaired) electrons. The van der Waals surface area contributed by atoms with Gasteiger partial charge in [0.1, 0.15) is 0 Å². The third kappa shape index (κ3) is 5.53. The van der Waals surface area contributed by atoms with Gasteiger partial charge in [0.15, 0.2) is 5.17 Å². The zero-order valence-electron chi connectivity index (χ0n) is 11.0. The molecule has 0 atom stereocenters. The molecule has 0 aromatic heterocycles. The van der Waals surface area contributed by atoms with E-state index in [1.165, 1.54) is 17.3 Å². The zero-order valence-corrected chi connectivity index (χ0v) is 14.2. The van der Waals surface area contributed by atoms with Crippen LogP contribution in [-0.2, 0) is 5.75 Å². The first kappa shape index (κ1) is 16.1. The second kappa shape index (κ2) is 8.22. The number of benzene rings is 2. The molecule has 2 aromatic carbocycles. The first-order valence-corrected chi connectivity index (χ1v) is 8.29. The van der Waals surface area contributed by atoms with Gasteiger partial charge in [-0.05, 0) is 39.2 Å². The lowest BCUT2D eigenvalue weighted by atomic mass is 10.2. The van der Waals surface area contributed by atoms with Crippen LogP contribution in [0.2, 0.25) is 5.02 Å². The molecule has 0 saturated carbocycles. The molecular weight excluding hydrogens is 370 g/mol. The summed E-state index contributed by atoms with van der Waals surface area (Å²) in [6.45, 7) is 0. The van der Waals surface area contributed by atoms with Gasteiger partial charge >= 0.3 is 0 Å². The Balaban J connectivity index is 1.90. The summed E-state index contributed by atoms with van der Waals surface area (Å²) in [7, 11) is 0. The lowest BCUT2D eigenvalue weighted by molar-refractivity contribution is 1.25. The summed E-state index contributed by atoms with van der Waals surface area (Å²) in [6.07, 6.45) is 1.62. The van der Waals surface area contributed by atoms with Crippen molar-refractivity contribution in [3.05, 3.63) is 69.2 Å². The minimum Gasteiger partial charge on any atom is -0.377 e. The number of amidine groups is 1. The molecule has 0 heterocycles. The normalized spacial score (nSPS) is 12.0. The lowest BCUT2D eigenvalue weighted by Gasteiger charge is -1.99. The summed E-state index contributed by atoms with van der Waals surface area (Å²) in [4.78, 5) is 0. The first-order chi connectivity index (χ1) is 10.1. The van der Waals surface area contributed by atoms with Crippen LogP contribution in [-0.4, -0.2) is 11.4 Å². The highest BCUT2D eigenvalue weighted by atomic mass is 79.9. The van der Waals surface area contributed by atoms with Crippen molar-refractivity contribution in [3.63, 3.8) is 0 Å². The Morgan fingerprint density at radius 1 is 1.24 bits per heavy atom. The molecule has 21 heavy (non-hydrogen) atoms. The Morgan fingerprint density at radius 3 is 2.71 bits per heavy atom. The number of hydrogen-bond donors (Lipinski definition) is 1. The minimum absolute atomic E-state index is 0.429. The van der Waals surface area contributed by atoms with E-state index in [4.69, 9.17) is 17.3 Å². The minimum atomic E-state index is 0.429. The van der Waals surface area contributed by atoms with Gasteiger partial charge in [0.05, 0.1) is 11.2 Å². The highest BCUT2D eigenvalue weighted by Gasteiger charge is 1.97. The van der Waals surface area contributed by atoms with Crippen molar-refractivity contribution >= 4 is 50.7 Å². The van der Waals surface area contributed by atoms with Gasteiger partial charge in [-0.3, -0.25) is 0 Å². The number of rotatable bonds is 4. The first-order valence-electron chi connectivity index (χ1n) is 6.13. The van der Waals surface area contributed by atoms with Crippen LogP contribution in [0.15, 0.2) is 63.2 Å². The van der Waals surface area contributed by atoms with Crippen LogP contribution >= 0.6 is 39.3 Å². The highest BCUT2D eigenvalue weighted by Crippen LogP contribution is 2.22.